The molecule has 3 heteroatoms. The number of nitrogen functional groups attached to an aromatic ring is 1. The van der Waals surface area contributed by atoms with Gasteiger partial charge in [-0.2, -0.15) is 0 Å². The number of rotatable bonds is 3. The first-order valence-corrected chi connectivity index (χ1v) is 4.63. The van der Waals surface area contributed by atoms with Gasteiger partial charge in [-0.25, -0.2) is 4.98 Å². The molecule has 1 aromatic rings. The Morgan fingerprint density at radius 3 is 2.85 bits per heavy atom. The molecule has 72 valence electrons. The number of nitrogens with two attached hydrogens (primary N) is 1. The Morgan fingerprint density at radius 2 is 2.23 bits per heavy atom. The van der Waals surface area contributed by atoms with E-state index >= 15 is 0 Å². The van der Waals surface area contributed by atoms with E-state index in [1.807, 2.05) is 19.1 Å². The lowest BCUT2D eigenvalue weighted by atomic mass is 10.2. The highest BCUT2D eigenvalue weighted by Crippen LogP contribution is 2.16. The Labute approximate surface area is 79.4 Å². The second kappa shape index (κ2) is 4.12. The van der Waals surface area contributed by atoms with Crippen LogP contribution in [0.4, 0.5) is 11.5 Å². The van der Waals surface area contributed by atoms with Crippen LogP contribution < -0.4 is 11.1 Å². The number of hydrogen-bond acceptors (Lipinski definition) is 3. The second-order valence-corrected chi connectivity index (χ2v) is 3.34. The van der Waals surface area contributed by atoms with E-state index in [4.69, 9.17) is 5.73 Å². The molecule has 0 saturated heterocycles. The minimum Gasteiger partial charge on any atom is -0.396 e. The molecule has 3 N–H and O–H groups in total. The third-order valence-corrected chi connectivity index (χ3v) is 2.06. The monoisotopic (exact) mass is 179 g/mol. The first-order chi connectivity index (χ1) is 6.13. The number of anilines is 2. The minimum atomic E-state index is 0.414. The Hall–Kier alpha value is -1.25. The summed E-state index contributed by atoms with van der Waals surface area (Å²) in [5, 5.41) is 3.26. The molecule has 0 aliphatic heterocycles. The van der Waals surface area contributed by atoms with Crippen molar-refractivity contribution in [1.82, 2.24) is 4.98 Å². The summed E-state index contributed by atoms with van der Waals surface area (Å²) < 4.78 is 0. The van der Waals surface area contributed by atoms with Crippen molar-refractivity contribution in [3.63, 3.8) is 0 Å². The van der Waals surface area contributed by atoms with Crippen molar-refractivity contribution < 1.29 is 0 Å². The van der Waals surface area contributed by atoms with Crippen LogP contribution >= 0.6 is 0 Å². The predicted octanol–water partition coefficient (Wildman–Crippen LogP) is 2.18. The molecule has 0 aliphatic rings. The largest absolute Gasteiger partial charge is 0.396 e. The number of hydrogen-bond donors (Lipinski definition) is 2. The molecule has 0 aromatic carbocycles. The first-order valence-electron chi connectivity index (χ1n) is 4.63. The zero-order chi connectivity index (χ0) is 9.84. The van der Waals surface area contributed by atoms with Gasteiger partial charge in [-0.3, -0.25) is 0 Å². The van der Waals surface area contributed by atoms with E-state index in [-0.39, 0.29) is 0 Å². The van der Waals surface area contributed by atoms with Crippen molar-refractivity contribution >= 4 is 11.5 Å². The van der Waals surface area contributed by atoms with E-state index in [0.29, 0.717) is 11.7 Å². The zero-order valence-corrected chi connectivity index (χ0v) is 8.46. The maximum Gasteiger partial charge on any atom is 0.149 e. The summed E-state index contributed by atoms with van der Waals surface area (Å²) in [4.78, 5) is 4.32. The van der Waals surface area contributed by atoms with E-state index in [1.54, 1.807) is 0 Å². The highest BCUT2D eigenvalue weighted by molar-refractivity contribution is 5.61. The summed E-state index contributed by atoms with van der Waals surface area (Å²) >= 11 is 0. The summed E-state index contributed by atoms with van der Waals surface area (Å²) in [6.07, 6.45) is 1.06. The average Bonchev–Trinajstić information content (AvgIpc) is 2.11. The van der Waals surface area contributed by atoms with Crippen LogP contribution in [-0.4, -0.2) is 11.0 Å². The third-order valence-electron chi connectivity index (χ3n) is 2.06. The minimum absolute atomic E-state index is 0.414. The SMILES string of the molecule is CCC(C)Nc1nc(C)ccc1N. The predicted molar refractivity (Wildman–Crippen MR) is 56.8 cm³/mol. The van der Waals surface area contributed by atoms with E-state index in [1.165, 1.54) is 0 Å². The number of aromatic nitrogens is 1. The topological polar surface area (TPSA) is 50.9 Å². The van der Waals surface area contributed by atoms with Gasteiger partial charge in [0.2, 0.25) is 0 Å². The molecule has 0 bridgehead atoms. The first kappa shape index (κ1) is 9.84. The van der Waals surface area contributed by atoms with E-state index in [2.05, 4.69) is 24.1 Å². The van der Waals surface area contributed by atoms with Crippen molar-refractivity contribution in [2.75, 3.05) is 11.1 Å². The molecule has 1 rings (SSSR count). The van der Waals surface area contributed by atoms with Crippen molar-refractivity contribution in [3.8, 4) is 0 Å². The lowest BCUT2D eigenvalue weighted by Gasteiger charge is -2.14. The summed E-state index contributed by atoms with van der Waals surface area (Å²) in [5.41, 5.74) is 7.47. The van der Waals surface area contributed by atoms with Crippen LogP contribution in [0, 0.1) is 6.92 Å². The summed E-state index contributed by atoms with van der Waals surface area (Å²) in [5.74, 6) is 0.800. The van der Waals surface area contributed by atoms with Crippen LogP contribution in [0.3, 0.4) is 0 Å². The molecule has 1 atom stereocenters. The Kier molecular flexibility index (Phi) is 3.12. The van der Waals surface area contributed by atoms with Crippen LogP contribution in [0.1, 0.15) is 26.0 Å². The number of nitrogens with zero attached hydrogens (tertiary/aromatic N) is 1. The highest BCUT2D eigenvalue weighted by atomic mass is 15.0. The summed E-state index contributed by atoms with van der Waals surface area (Å²) in [6.45, 7) is 6.20. The van der Waals surface area contributed by atoms with Gasteiger partial charge in [-0.05, 0) is 32.4 Å². The summed E-state index contributed by atoms with van der Waals surface area (Å²) in [7, 11) is 0. The molecule has 1 heterocycles. The molecule has 0 saturated carbocycles. The maximum absolute atomic E-state index is 5.77. The number of aryl methyl sites for hydroxylation is 1. The lowest BCUT2D eigenvalue weighted by Crippen LogP contribution is -2.16. The average molecular weight is 179 g/mol. The van der Waals surface area contributed by atoms with Crippen LogP contribution in [-0.2, 0) is 0 Å². The van der Waals surface area contributed by atoms with E-state index in [9.17, 15) is 0 Å². The Morgan fingerprint density at radius 1 is 1.54 bits per heavy atom. The Bertz CT molecular complexity index is 283. The van der Waals surface area contributed by atoms with E-state index in [0.717, 1.165) is 17.9 Å². The van der Waals surface area contributed by atoms with Gasteiger partial charge in [-0.1, -0.05) is 6.92 Å². The molecular formula is C10H17N3. The molecule has 0 amide bonds. The Balaban J connectivity index is 2.81. The molecule has 1 aromatic heterocycles. The van der Waals surface area contributed by atoms with Crippen molar-refractivity contribution in [2.45, 2.75) is 33.2 Å². The lowest BCUT2D eigenvalue weighted by molar-refractivity contribution is 0.759. The maximum atomic E-state index is 5.77. The standard InChI is InChI=1S/C10H17N3/c1-4-7(2)12-10-9(11)6-5-8(3)13-10/h5-7H,4,11H2,1-3H3,(H,12,13). The van der Waals surface area contributed by atoms with Gasteiger partial charge in [-0.15, -0.1) is 0 Å². The van der Waals surface area contributed by atoms with E-state index < -0.39 is 0 Å². The van der Waals surface area contributed by atoms with Gasteiger partial charge >= 0.3 is 0 Å². The number of nitrogens with one attached hydrogen (secondary N) is 1. The summed E-state index contributed by atoms with van der Waals surface area (Å²) in [6, 6.07) is 4.21. The van der Waals surface area contributed by atoms with Crippen molar-refractivity contribution in [2.24, 2.45) is 0 Å². The van der Waals surface area contributed by atoms with Crippen LogP contribution in [0.25, 0.3) is 0 Å². The normalized spacial score (nSPS) is 12.5. The molecular weight excluding hydrogens is 162 g/mol. The van der Waals surface area contributed by atoms with Gasteiger partial charge in [0.25, 0.3) is 0 Å². The fourth-order valence-electron chi connectivity index (χ4n) is 1.02. The zero-order valence-electron chi connectivity index (χ0n) is 8.46. The third kappa shape index (κ3) is 2.61. The van der Waals surface area contributed by atoms with Crippen LogP contribution in [0.5, 0.6) is 0 Å². The smallest absolute Gasteiger partial charge is 0.149 e. The molecule has 0 spiro atoms. The van der Waals surface area contributed by atoms with Gasteiger partial charge < -0.3 is 11.1 Å². The highest BCUT2D eigenvalue weighted by Gasteiger charge is 2.03. The van der Waals surface area contributed by atoms with Gasteiger partial charge in [0.1, 0.15) is 5.82 Å². The second-order valence-electron chi connectivity index (χ2n) is 3.34. The fourth-order valence-corrected chi connectivity index (χ4v) is 1.02. The molecule has 13 heavy (non-hydrogen) atoms. The van der Waals surface area contributed by atoms with Crippen LogP contribution in [0.2, 0.25) is 0 Å². The molecule has 0 radical (unpaired) electrons. The molecule has 0 aliphatic carbocycles. The molecule has 1 unspecified atom stereocenters. The van der Waals surface area contributed by atoms with Crippen molar-refractivity contribution in [1.29, 1.82) is 0 Å². The van der Waals surface area contributed by atoms with Gasteiger partial charge in [0.15, 0.2) is 0 Å². The number of pyridine rings is 1. The molecule has 3 nitrogen and oxygen atoms in total. The van der Waals surface area contributed by atoms with Crippen LogP contribution in [0.15, 0.2) is 12.1 Å². The van der Waals surface area contributed by atoms with Gasteiger partial charge in [0.05, 0.1) is 5.69 Å². The van der Waals surface area contributed by atoms with Crippen molar-refractivity contribution in [3.05, 3.63) is 17.8 Å². The molecule has 0 fully saturated rings. The van der Waals surface area contributed by atoms with Gasteiger partial charge in [0, 0.05) is 11.7 Å². The quantitative estimate of drug-likeness (QED) is 0.747. The fraction of sp³-hybridized carbons (Fsp3) is 0.500.